The third-order valence-electron chi connectivity index (χ3n) is 2.30. The highest BCUT2D eigenvalue weighted by Gasteiger charge is 2.37. The molecule has 1 saturated carbocycles. The number of pyridine rings is 1. The first-order valence-corrected chi connectivity index (χ1v) is 5.08. The summed E-state index contributed by atoms with van der Waals surface area (Å²) in [6.07, 6.45) is 4.15. The molecular weight excluding hydrogens is 230 g/mol. The molecule has 1 aromatic rings. The number of nitrogen functional groups attached to an aromatic ring is 1. The second kappa shape index (κ2) is 2.87. The number of anilines is 2. The molecular formula is C9H12BrN3. The SMILES string of the molecule is CC1(Nc2ncc(Br)cc2N)CC1. The van der Waals surface area contributed by atoms with Crippen LogP contribution in [-0.2, 0) is 0 Å². The van der Waals surface area contributed by atoms with Gasteiger partial charge in [0.2, 0.25) is 0 Å². The minimum atomic E-state index is 0.231. The third-order valence-corrected chi connectivity index (χ3v) is 2.74. The smallest absolute Gasteiger partial charge is 0.149 e. The van der Waals surface area contributed by atoms with Crippen molar-refractivity contribution in [1.82, 2.24) is 4.98 Å². The molecule has 1 heterocycles. The van der Waals surface area contributed by atoms with E-state index in [0.29, 0.717) is 5.69 Å². The molecule has 3 nitrogen and oxygen atoms in total. The molecule has 0 aromatic carbocycles. The lowest BCUT2D eigenvalue weighted by Crippen LogP contribution is -2.17. The normalized spacial score (nSPS) is 18.3. The molecule has 2 rings (SSSR count). The van der Waals surface area contributed by atoms with Crippen molar-refractivity contribution in [3.05, 3.63) is 16.7 Å². The molecule has 0 radical (unpaired) electrons. The Labute approximate surface area is 85.9 Å². The van der Waals surface area contributed by atoms with Crippen LogP contribution in [0.3, 0.4) is 0 Å². The maximum atomic E-state index is 5.80. The van der Waals surface area contributed by atoms with Crippen molar-refractivity contribution in [2.24, 2.45) is 0 Å². The monoisotopic (exact) mass is 241 g/mol. The van der Waals surface area contributed by atoms with Crippen molar-refractivity contribution in [3.63, 3.8) is 0 Å². The summed E-state index contributed by atoms with van der Waals surface area (Å²) in [6, 6.07) is 1.86. The first kappa shape index (κ1) is 8.81. The van der Waals surface area contributed by atoms with Crippen molar-refractivity contribution >= 4 is 27.4 Å². The van der Waals surface area contributed by atoms with Gasteiger partial charge in [-0.05, 0) is 41.8 Å². The molecule has 3 N–H and O–H groups in total. The fourth-order valence-corrected chi connectivity index (χ4v) is 1.51. The number of nitrogens with zero attached hydrogens (tertiary/aromatic N) is 1. The Hall–Kier alpha value is -0.770. The largest absolute Gasteiger partial charge is 0.396 e. The van der Waals surface area contributed by atoms with Crippen LogP contribution in [0, 0.1) is 0 Å². The van der Waals surface area contributed by atoms with E-state index in [0.717, 1.165) is 10.3 Å². The Morgan fingerprint density at radius 2 is 2.31 bits per heavy atom. The van der Waals surface area contributed by atoms with Crippen LogP contribution in [0.4, 0.5) is 11.5 Å². The van der Waals surface area contributed by atoms with E-state index in [4.69, 9.17) is 5.73 Å². The average Bonchev–Trinajstić information content (AvgIpc) is 2.75. The van der Waals surface area contributed by atoms with Crippen LogP contribution >= 0.6 is 15.9 Å². The Balaban J connectivity index is 2.20. The Morgan fingerprint density at radius 1 is 1.62 bits per heavy atom. The summed E-state index contributed by atoms with van der Waals surface area (Å²) in [5.41, 5.74) is 6.73. The molecule has 1 fully saturated rings. The molecule has 4 heteroatoms. The van der Waals surface area contributed by atoms with E-state index in [1.807, 2.05) is 6.07 Å². The fraction of sp³-hybridized carbons (Fsp3) is 0.444. The van der Waals surface area contributed by atoms with E-state index in [1.165, 1.54) is 12.8 Å². The lowest BCUT2D eigenvalue weighted by atomic mass is 10.3. The highest BCUT2D eigenvalue weighted by atomic mass is 79.9. The van der Waals surface area contributed by atoms with E-state index in [-0.39, 0.29) is 5.54 Å². The number of hydrogen-bond donors (Lipinski definition) is 2. The van der Waals surface area contributed by atoms with Gasteiger partial charge in [-0.3, -0.25) is 0 Å². The highest BCUT2D eigenvalue weighted by molar-refractivity contribution is 9.10. The molecule has 0 spiro atoms. The Bertz CT molecular complexity index is 334. The predicted molar refractivity (Wildman–Crippen MR) is 57.6 cm³/mol. The Kier molecular flexibility index (Phi) is 1.95. The van der Waals surface area contributed by atoms with E-state index >= 15 is 0 Å². The van der Waals surface area contributed by atoms with Gasteiger partial charge >= 0.3 is 0 Å². The molecule has 0 bridgehead atoms. The fourth-order valence-electron chi connectivity index (χ4n) is 1.16. The van der Waals surface area contributed by atoms with Gasteiger partial charge in [-0.2, -0.15) is 0 Å². The molecule has 70 valence electrons. The Morgan fingerprint density at radius 3 is 2.85 bits per heavy atom. The van der Waals surface area contributed by atoms with E-state index in [9.17, 15) is 0 Å². The standard InChI is InChI=1S/C9H12BrN3/c1-9(2-3-9)13-8-7(11)4-6(10)5-12-8/h4-5H,2-3,11H2,1H3,(H,12,13). The van der Waals surface area contributed by atoms with Gasteiger partial charge in [0.05, 0.1) is 5.69 Å². The summed E-state index contributed by atoms with van der Waals surface area (Å²) in [5, 5.41) is 3.33. The van der Waals surface area contributed by atoms with E-state index < -0.39 is 0 Å². The van der Waals surface area contributed by atoms with Crippen molar-refractivity contribution in [3.8, 4) is 0 Å². The van der Waals surface area contributed by atoms with Gasteiger partial charge in [0, 0.05) is 16.2 Å². The minimum Gasteiger partial charge on any atom is -0.396 e. The van der Waals surface area contributed by atoms with Crippen LogP contribution in [0.1, 0.15) is 19.8 Å². The molecule has 0 unspecified atom stereocenters. The number of halogens is 1. The van der Waals surface area contributed by atoms with Crippen LogP contribution in [-0.4, -0.2) is 10.5 Å². The average molecular weight is 242 g/mol. The van der Waals surface area contributed by atoms with E-state index in [1.54, 1.807) is 6.20 Å². The zero-order valence-corrected chi connectivity index (χ0v) is 9.06. The molecule has 0 atom stereocenters. The zero-order valence-electron chi connectivity index (χ0n) is 7.47. The summed E-state index contributed by atoms with van der Waals surface area (Å²) in [7, 11) is 0. The summed E-state index contributed by atoms with van der Waals surface area (Å²) in [6.45, 7) is 2.18. The molecule has 13 heavy (non-hydrogen) atoms. The maximum Gasteiger partial charge on any atom is 0.149 e. The molecule has 0 amide bonds. The lowest BCUT2D eigenvalue weighted by molar-refractivity contribution is 0.822. The summed E-state index contributed by atoms with van der Waals surface area (Å²) in [5.74, 6) is 0.795. The number of nitrogens with two attached hydrogens (primary N) is 1. The van der Waals surface area contributed by atoms with Gasteiger partial charge < -0.3 is 11.1 Å². The summed E-state index contributed by atoms with van der Waals surface area (Å²) < 4.78 is 0.913. The van der Waals surface area contributed by atoms with Crippen molar-refractivity contribution in [1.29, 1.82) is 0 Å². The van der Waals surface area contributed by atoms with Gasteiger partial charge in [0.25, 0.3) is 0 Å². The molecule has 0 aliphatic heterocycles. The molecule has 0 saturated heterocycles. The number of aromatic nitrogens is 1. The van der Waals surface area contributed by atoms with E-state index in [2.05, 4.69) is 33.2 Å². The van der Waals surface area contributed by atoms with Gasteiger partial charge in [0.1, 0.15) is 5.82 Å². The topological polar surface area (TPSA) is 50.9 Å². The maximum absolute atomic E-state index is 5.80. The van der Waals surface area contributed by atoms with Crippen molar-refractivity contribution in [2.45, 2.75) is 25.3 Å². The highest BCUT2D eigenvalue weighted by Crippen LogP contribution is 2.38. The summed E-state index contributed by atoms with van der Waals surface area (Å²) in [4.78, 5) is 4.22. The van der Waals surface area contributed by atoms with Gasteiger partial charge in [0.15, 0.2) is 0 Å². The molecule has 1 aromatic heterocycles. The summed E-state index contributed by atoms with van der Waals surface area (Å²) >= 11 is 3.32. The third kappa shape index (κ3) is 1.94. The minimum absolute atomic E-state index is 0.231. The second-order valence-electron chi connectivity index (χ2n) is 3.78. The van der Waals surface area contributed by atoms with Gasteiger partial charge in [-0.1, -0.05) is 0 Å². The number of nitrogens with one attached hydrogen (secondary N) is 1. The van der Waals surface area contributed by atoms with Crippen LogP contribution in [0.25, 0.3) is 0 Å². The number of rotatable bonds is 2. The van der Waals surface area contributed by atoms with Crippen LogP contribution < -0.4 is 11.1 Å². The molecule has 1 aliphatic rings. The van der Waals surface area contributed by atoms with Crippen LogP contribution in [0.2, 0.25) is 0 Å². The predicted octanol–water partition coefficient (Wildman–Crippen LogP) is 2.39. The first-order chi connectivity index (χ1) is 6.09. The van der Waals surface area contributed by atoms with Gasteiger partial charge in [-0.15, -0.1) is 0 Å². The first-order valence-electron chi connectivity index (χ1n) is 4.28. The van der Waals surface area contributed by atoms with Crippen molar-refractivity contribution in [2.75, 3.05) is 11.1 Å². The van der Waals surface area contributed by atoms with Crippen LogP contribution in [0.15, 0.2) is 16.7 Å². The quantitative estimate of drug-likeness (QED) is 0.837. The van der Waals surface area contributed by atoms with Crippen LogP contribution in [0.5, 0.6) is 0 Å². The zero-order chi connectivity index (χ0) is 9.47. The second-order valence-corrected chi connectivity index (χ2v) is 4.69. The van der Waals surface area contributed by atoms with Gasteiger partial charge in [-0.25, -0.2) is 4.98 Å². The number of hydrogen-bond acceptors (Lipinski definition) is 3. The lowest BCUT2D eigenvalue weighted by Gasteiger charge is -2.13. The van der Waals surface area contributed by atoms with Crippen molar-refractivity contribution < 1.29 is 0 Å². The molecule has 1 aliphatic carbocycles.